The zero-order chi connectivity index (χ0) is 17.3. The number of hydrogen-bond acceptors (Lipinski definition) is 2. The van der Waals surface area contributed by atoms with Crippen molar-refractivity contribution in [2.75, 3.05) is 19.0 Å². The van der Waals surface area contributed by atoms with Gasteiger partial charge < -0.3 is 19.5 Å². The molecule has 1 aromatic heterocycles. The van der Waals surface area contributed by atoms with Crippen molar-refractivity contribution in [3.05, 3.63) is 47.3 Å². The number of anilines is 1. The highest BCUT2D eigenvalue weighted by Crippen LogP contribution is 2.32. The summed E-state index contributed by atoms with van der Waals surface area (Å²) < 4.78 is 7.67. The average Bonchev–Trinajstić information content (AvgIpc) is 2.95. The highest BCUT2D eigenvalue weighted by Gasteiger charge is 2.30. The molecule has 0 saturated heterocycles. The van der Waals surface area contributed by atoms with Gasteiger partial charge >= 0.3 is 6.03 Å². The van der Waals surface area contributed by atoms with Crippen LogP contribution in [0.25, 0.3) is 0 Å². The van der Waals surface area contributed by atoms with Gasteiger partial charge in [-0.3, -0.25) is 0 Å². The van der Waals surface area contributed by atoms with Gasteiger partial charge in [-0.1, -0.05) is 13.0 Å². The summed E-state index contributed by atoms with van der Waals surface area (Å²) in [4.78, 5) is 14.8. The van der Waals surface area contributed by atoms with E-state index in [4.69, 9.17) is 4.74 Å². The number of ether oxygens (including phenoxy) is 1. The van der Waals surface area contributed by atoms with E-state index in [0.717, 1.165) is 24.2 Å². The molecule has 1 atom stereocenters. The lowest BCUT2D eigenvalue weighted by Gasteiger charge is -2.37. The van der Waals surface area contributed by atoms with E-state index < -0.39 is 0 Å². The molecule has 3 rings (SSSR count). The zero-order valence-electron chi connectivity index (χ0n) is 14.8. The average molecular weight is 327 g/mol. The third-order valence-corrected chi connectivity index (χ3v) is 4.76. The zero-order valence-corrected chi connectivity index (χ0v) is 14.8. The van der Waals surface area contributed by atoms with Gasteiger partial charge in [-0.25, -0.2) is 4.79 Å². The highest BCUT2D eigenvalue weighted by molar-refractivity contribution is 5.91. The molecule has 1 aromatic carbocycles. The van der Waals surface area contributed by atoms with Crippen LogP contribution in [0.1, 0.15) is 36.3 Å². The number of hydrogen-bond donors (Lipinski definition) is 1. The second kappa shape index (κ2) is 6.59. The van der Waals surface area contributed by atoms with Crippen LogP contribution in [0.5, 0.6) is 5.75 Å². The Labute approximate surface area is 143 Å². The second-order valence-corrected chi connectivity index (χ2v) is 6.30. The normalized spacial score (nSPS) is 16.7. The molecule has 128 valence electrons. The third kappa shape index (κ3) is 2.86. The molecule has 0 spiro atoms. The fourth-order valence-electron chi connectivity index (χ4n) is 3.49. The first kappa shape index (κ1) is 16.4. The summed E-state index contributed by atoms with van der Waals surface area (Å²) in [7, 11) is 1.62. The minimum atomic E-state index is -0.0733. The van der Waals surface area contributed by atoms with Crippen LogP contribution in [0.4, 0.5) is 10.5 Å². The minimum Gasteiger partial charge on any atom is -0.495 e. The Kier molecular flexibility index (Phi) is 4.51. The van der Waals surface area contributed by atoms with E-state index in [1.165, 1.54) is 11.4 Å². The number of carbonyl (C=O) groups excluding carboxylic acids is 1. The number of aromatic nitrogens is 1. The van der Waals surface area contributed by atoms with Gasteiger partial charge in [0.2, 0.25) is 0 Å². The maximum atomic E-state index is 12.9. The van der Waals surface area contributed by atoms with Crippen LogP contribution in [0.15, 0.2) is 30.3 Å². The Morgan fingerprint density at radius 3 is 2.75 bits per heavy atom. The van der Waals surface area contributed by atoms with Crippen LogP contribution < -0.4 is 10.1 Å². The Morgan fingerprint density at radius 2 is 2.04 bits per heavy atom. The van der Waals surface area contributed by atoms with Crippen LogP contribution in [-0.4, -0.2) is 29.2 Å². The molecule has 0 saturated carbocycles. The number of nitrogens with zero attached hydrogens (tertiary/aromatic N) is 2. The molecule has 2 aromatic rings. The Hall–Kier alpha value is -2.43. The summed E-state index contributed by atoms with van der Waals surface area (Å²) in [6.07, 6.45) is 0.891. The number of aryl methyl sites for hydroxylation is 2. The molecule has 0 bridgehead atoms. The molecule has 1 aliphatic heterocycles. The standard InChI is InChI=1S/C19H25N3O2/c1-5-16-17-8-7-14(3)21(17)10-11-22(16)19(23)20-15-12-13(2)6-9-18(15)24-4/h6-9,12,16H,5,10-11H2,1-4H3,(H,20,23). The predicted molar refractivity (Wildman–Crippen MR) is 95.7 cm³/mol. The Morgan fingerprint density at radius 1 is 1.25 bits per heavy atom. The van der Waals surface area contributed by atoms with E-state index >= 15 is 0 Å². The number of urea groups is 1. The number of amides is 2. The van der Waals surface area contributed by atoms with E-state index in [2.05, 4.69) is 35.9 Å². The monoisotopic (exact) mass is 327 g/mol. The minimum absolute atomic E-state index is 0.0733. The smallest absolute Gasteiger partial charge is 0.322 e. The molecular formula is C19H25N3O2. The van der Waals surface area contributed by atoms with Gasteiger partial charge in [0.15, 0.2) is 0 Å². The maximum absolute atomic E-state index is 12.9. The van der Waals surface area contributed by atoms with E-state index in [9.17, 15) is 4.79 Å². The molecule has 1 N–H and O–H groups in total. The highest BCUT2D eigenvalue weighted by atomic mass is 16.5. The summed E-state index contributed by atoms with van der Waals surface area (Å²) >= 11 is 0. The largest absolute Gasteiger partial charge is 0.495 e. The van der Waals surface area contributed by atoms with Crippen molar-refractivity contribution in [3.8, 4) is 5.75 Å². The molecule has 1 unspecified atom stereocenters. The first-order valence-electron chi connectivity index (χ1n) is 8.43. The van der Waals surface area contributed by atoms with Gasteiger partial charge in [0.25, 0.3) is 0 Å². The molecule has 0 fully saturated rings. The van der Waals surface area contributed by atoms with Gasteiger partial charge in [0.05, 0.1) is 18.8 Å². The lowest BCUT2D eigenvalue weighted by atomic mass is 10.1. The number of fused-ring (bicyclic) bond motifs is 1. The van der Waals surface area contributed by atoms with Crippen molar-refractivity contribution in [3.63, 3.8) is 0 Å². The summed E-state index contributed by atoms with van der Waals surface area (Å²) in [5.74, 6) is 0.679. The van der Waals surface area contributed by atoms with Gasteiger partial charge in [-0.05, 0) is 50.1 Å². The number of nitrogens with one attached hydrogen (secondary N) is 1. The Balaban J connectivity index is 1.84. The number of benzene rings is 1. The van der Waals surface area contributed by atoms with Crippen molar-refractivity contribution in [1.82, 2.24) is 9.47 Å². The molecular weight excluding hydrogens is 302 g/mol. The van der Waals surface area contributed by atoms with Gasteiger partial charge in [0, 0.05) is 24.5 Å². The fourth-order valence-corrected chi connectivity index (χ4v) is 3.49. The second-order valence-electron chi connectivity index (χ2n) is 6.30. The van der Waals surface area contributed by atoms with Crippen LogP contribution >= 0.6 is 0 Å². The third-order valence-electron chi connectivity index (χ3n) is 4.76. The topological polar surface area (TPSA) is 46.5 Å². The van der Waals surface area contributed by atoms with Crippen molar-refractivity contribution >= 4 is 11.7 Å². The molecule has 1 aliphatic rings. The maximum Gasteiger partial charge on any atom is 0.322 e. The first-order chi connectivity index (χ1) is 11.5. The SMILES string of the molecule is CCC1c2ccc(C)n2CCN1C(=O)Nc1cc(C)ccc1OC. The van der Waals surface area contributed by atoms with Gasteiger partial charge in [0.1, 0.15) is 5.75 Å². The van der Waals surface area contributed by atoms with Crippen molar-refractivity contribution < 1.29 is 9.53 Å². The summed E-state index contributed by atoms with van der Waals surface area (Å²) in [6.45, 7) is 7.78. The van der Waals surface area contributed by atoms with Crippen LogP contribution in [0.3, 0.4) is 0 Å². The number of carbonyl (C=O) groups is 1. The number of rotatable bonds is 3. The Bertz CT molecular complexity index is 751. The van der Waals surface area contributed by atoms with Crippen LogP contribution in [0.2, 0.25) is 0 Å². The lowest BCUT2D eigenvalue weighted by Crippen LogP contribution is -2.44. The molecule has 0 aliphatic carbocycles. The predicted octanol–water partition coefficient (Wildman–Crippen LogP) is 4.11. The summed E-state index contributed by atoms with van der Waals surface area (Å²) in [6, 6.07) is 10.1. The fraction of sp³-hybridized carbons (Fsp3) is 0.421. The molecule has 2 heterocycles. The molecule has 24 heavy (non-hydrogen) atoms. The van der Waals surface area contributed by atoms with Crippen LogP contribution in [-0.2, 0) is 6.54 Å². The van der Waals surface area contributed by atoms with Crippen molar-refractivity contribution in [2.24, 2.45) is 0 Å². The molecule has 5 heteroatoms. The molecule has 5 nitrogen and oxygen atoms in total. The van der Waals surface area contributed by atoms with Gasteiger partial charge in [-0.15, -0.1) is 0 Å². The number of methoxy groups -OCH3 is 1. The summed E-state index contributed by atoms with van der Waals surface area (Å²) in [5.41, 5.74) is 4.27. The van der Waals surface area contributed by atoms with E-state index in [1.54, 1.807) is 7.11 Å². The van der Waals surface area contributed by atoms with E-state index in [0.29, 0.717) is 12.3 Å². The lowest BCUT2D eigenvalue weighted by molar-refractivity contribution is 0.165. The van der Waals surface area contributed by atoms with Gasteiger partial charge in [-0.2, -0.15) is 0 Å². The van der Waals surface area contributed by atoms with Crippen molar-refractivity contribution in [2.45, 2.75) is 39.8 Å². The molecule has 0 radical (unpaired) electrons. The van der Waals surface area contributed by atoms with Crippen molar-refractivity contribution in [1.29, 1.82) is 0 Å². The van der Waals surface area contributed by atoms with E-state index in [-0.39, 0.29) is 12.1 Å². The van der Waals surface area contributed by atoms with Crippen LogP contribution in [0, 0.1) is 13.8 Å². The summed E-state index contributed by atoms with van der Waals surface area (Å²) in [5, 5.41) is 3.03. The quantitative estimate of drug-likeness (QED) is 0.922. The first-order valence-corrected chi connectivity index (χ1v) is 8.43. The van der Waals surface area contributed by atoms with E-state index in [1.807, 2.05) is 30.0 Å². The molecule has 2 amide bonds.